The summed E-state index contributed by atoms with van der Waals surface area (Å²) in [6.45, 7) is 5.35. The smallest absolute Gasteiger partial charge is 0.191 e. The molecule has 0 aromatic carbocycles. The summed E-state index contributed by atoms with van der Waals surface area (Å²) in [7, 11) is 1.93. The molecule has 1 atom stereocenters. The Morgan fingerprint density at radius 2 is 2.23 bits per heavy atom. The second-order valence-electron chi connectivity index (χ2n) is 6.27. The zero-order valence-corrected chi connectivity index (χ0v) is 17.5. The molecule has 0 aliphatic rings. The van der Waals surface area contributed by atoms with E-state index < -0.39 is 5.60 Å². The first-order chi connectivity index (χ1) is 12.4. The predicted octanol–water partition coefficient (Wildman–Crippen LogP) is 1.88. The highest BCUT2D eigenvalue weighted by molar-refractivity contribution is 7.98. The van der Waals surface area contributed by atoms with Crippen LogP contribution < -0.4 is 10.6 Å². The number of aliphatic hydroxyl groups is 1. The Hall–Kier alpha value is -1.58. The van der Waals surface area contributed by atoms with Gasteiger partial charge >= 0.3 is 0 Å². The van der Waals surface area contributed by atoms with Crippen molar-refractivity contribution in [2.45, 2.75) is 32.4 Å². The SMILES string of the molecule is CSCCCNC(=NCc1nnc(C)n1C)NCC(C)(O)c1cccs1. The maximum atomic E-state index is 10.7. The van der Waals surface area contributed by atoms with Gasteiger partial charge in [-0.3, -0.25) is 0 Å². The fraction of sp³-hybridized carbons (Fsp3) is 0.588. The largest absolute Gasteiger partial charge is 0.383 e. The van der Waals surface area contributed by atoms with Gasteiger partial charge in [-0.15, -0.1) is 21.5 Å². The second kappa shape index (κ2) is 9.94. The fourth-order valence-corrected chi connectivity index (χ4v) is 3.48. The number of aromatic nitrogens is 3. The molecule has 3 N–H and O–H groups in total. The number of nitrogens with zero attached hydrogens (tertiary/aromatic N) is 4. The minimum Gasteiger partial charge on any atom is -0.383 e. The van der Waals surface area contributed by atoms with Crippen LogP contribution in [-0.4, -0.2) is 50.9 Å². The number of aliphatic imine (C=N–C) groups is 1. The van der Waals surface area contributed by atoms with E-state index in [9.17, 15) is 5.11 Å². The highest BCUT2D eigenvalue weighted by atomic mass is 32.2. The number of hydrogen-bond donors (Lipinski definition) is 3. The van der Waals surface area contributed by atoms with Crippen molar-refractivity contribution >= 4 is 29.1 Å². The predicted molar refractivity (Wildman–Crippen MR) is 110 cm³/mol. The van der Waals surface area contributed by atoms with Gasteiger partial charge < -0.3 is 20.3 Å². The highest BCUT2D eigenvalue weighted by Crippen LogP contribution is 2.24. The maximum Gasteiger partial charge on any atom is 0.191 e. The van der Waals surface area contributed by atoms with Crippen molar-refractivity contribution in [3.05, 3.63) is 34.0 Å². The molecule has 0 radical (unpaired) electrons. The molecule has 1 unspecified atom stereocenters. The van der Waals surface area contributed by atoms with E-state index in [2.05, 4.69) is 32.1 Å². The number of nitrogens with one attached hydrogen (secondary N) is 2. The van der Waals surface area contributed by atoms with Crippen molar-refractivity contribution in [1.82, 2.24) is 25.4 Å². The van der Waals surface area contributed by atoms with E-state index in [1.54, 1.807) is 11.3 Å². The van der Waals surface area contributed by atoms with Crippen LogP contribution >= 0.6 is 23.1 Å². The molecule has 0 saturated carbocycles. The summed E-state index contributed by atoms with van der Waals surface area (Å²) in [4.78, 5) is 5.53. The van der Waals surface area contributed by atoms with Crippen molar-refractivity contribution in [3.8, 4) is 0 Å². The fourth-order valence-electron chi connectivity index (χ4n) is 2.26. The molecule has 0 spiro atoms. The third-order valence-electron chi connectivity index (χ3n) is 4.03. The molecular formula is C17H28N6OS2. The average Bonchev–Trinajstić information content (AvgIpc) is 3.26. The standard InChI is InChI=1S/C17H28N6OS2/c1-13-21-22-15(23(13)3)11-19-16(18-8-6-9-25-4)20-12-17(2,24)14-7-5-10-26-14/h5,7,10,24H,6,8-9,11-12H2,1-4H3,(H2,18,19,20). The molecular weight excluding hydrogens is 368 g/mol. The van der Waals surface area contributed by atoms with Crippen LogP contribution in [0.3, 0.4) is 0 Å². The number of aryl methyl sites for hydroxylation is 1. The molecule has 0 amide bonds. The molecule has 0 bridgehead atoms. The summed E-state index contributed by atoms with van der Waals surface area (Å²) >= 11 is 3.37. The number of hydrogen-bond acceptors (Lipinski definition) is 6. The monoisotopic (exact) mass is 396 g/mol. The number of thioether (sulfide) groups is 1. The van der Waals surface area contributed by atoms with Crippen LogP contribution in [0.5, 0.6) is 0 Å². The van der Waals surface area contributed by atoms with Crippen LogP contribution in [0.1, 0.15) is 29.9 Å². The first kappa shape index (κ1) is 20.7. The molecule has 2 aromatic heterocycles. The van der Waals surface area contributed by atoms with Gasteiger partial charge in [-0.2, -0.15) is 11.8 Å². The quantitative estimate of drug-likeness (QED) is 0.341. The van der Waals surface area contributed by atoms with Gasteiger partial charge in [-0.05, 0) is 43.7 Å². The lowest BCUT2D eigenvalue weighted by Crippen LogP contribution is -2.44. The molecule has 2 heterocycles. The maximum absolute atomic E-state index is 10.7. The summed E-state index contributed by atoms with van der Waals surface area (Å²) in [5, 5.41) is 27.5. The Morgan fingerprint density at radius 3 is 2.85 bits per heavy atom. The van der Waals surface area contributed by atoms with Crippen LogP contribution in [0, 0.1) is 6.92 Å². The van der Waals surface area contributed by atoms with Crippen LogP contribution in [0.15, 0.2) is 22.5 Å². The van der Waals surface area contributed by atoms with Gasteiger partial charge in [-0.1, -0.05) is 6.07 Å². The zero-order chi connectivity index (χ0) is 19.0. The average molecular weight is 397 g/mol. The molecule has 9 heteroatoms. The molecule has 0 aliphatic carbocycles. The van der Waals surface area contributed by atoms with Crippen molar-refractivity contribution in [2.75, 3.05) is 25.1 Å². The van der Waals surface area contributed by atoms with Crippen LogP contribution in [0.2, 0.25) is 0 Å². The minimum atomic E-state index is -0.947. The van der Waals surface area contributed by atoms with E-state index in [4.69, 9.17) is 0 Å². The Kier molecular flexibility index (Phi) is 7.92. The van der Waals surface area contributed by atoms with Gasteiger partial charge in [-0.25, -0.2) is 4.99 Å². The molecule has 0 saturated heterocycles. The third-order valence-corrected chi connectivity index (χ3v) is 5.85. The van der Waals surface area contributed by atoms with E-state index in [0.717, 1.165) is 35.2 Å². The summed E-state index contributed by atoms with van der Waals surface area (Å²) in [5.74, 6) is 3.43. The Bertz CT molecular complexity index is 696. The molecule has 2 aromatic rings. The summed E-state index contributed by atoms with van der Waals surface area (Å²) < 4.78 is 1.93. The molecule has 7 nitrogen and oxygen atoms in total. The van der Waals surface area contributed by atoms with Crippen molar-refractivity contribution in [3.63, 3.8) is 0 Å². The van der Waals surface area contributed by atoms with Gasteiger partial charge in [0.15, 0.2) is 11.8 Å². The Labute approximate surface area is 163 Å². The minimum absolute atomic E-state index is 0.375. The summed E-state index contributed by atoms with van der Waals surface area (Å²) in [6, 6.07) is 3.89. The number of thiophene rings is 1. The lowest BCUT2D eigenvalue weighted by molar-refractivity contribution is 0.0655. The Morgan fingerprint density at radius 1 is 1.42 bits per heavy atom. The van der Waals surface area contributed by atoms with Crippen molar-refractivity contribution in [2.24, 2.45) is 12.0 Å². The van der Waals surface area contributed by atoms with E-state index in [0.29, 0.717) is 19.0 Å². The van der Waals surface area contributed by atoms with E-state index in [1.807, 2.05) is 54.7 Å². The summed E-state index contributed by atoms with van der Waals surface area (Å²) in [5.41, 5.74) is -0.947. The Balaban J connectivity index is 2.00. The topological polar surface area (TPSA) is 87.4 Å². The van der Waals surface area contributed by atoms with E-state index >= 15 is 0 Å². The highest BCUT2D eigenvalue weighted by Gasteiger charge is 2.24. The lowest BCUT2D eigenvalue weighted by atomic mass is 10.1. The third kappa shape index (κ3) is 6.00. The molecule has 0 fully saturated rings. The molecule has 2 rings (SSSR count). The van der Waals surface area contributed by atoms with Gasteiger partial charge in [0.25, 0.3) is 0 Å². The van der Waals surface area contributed by atoms with Crippen LogP contribution in [-0.2, 0) is 19.2 Å². The molecule has 26 heavy (non-hydrogen) atoms. The first-order valence-corrected chi connectivity index (χ1v) is 10.8. The van der Waals surface area contributed by atoms with Gasteiger partial charge in [0.05, 0.1) is 6.54 Å². The van der Waals surface area contributed by atoms with Gasteiger partial charge in [0, 0.05) is 18.5 Å². The summed E-state index contributed by atoms with van der Waals surface area (Å²) in [6.07, 6.45) is 3.15. The number of rotatable bonds is 9. The van der Waals surface area contributed by atoms with Crippen LogP contribution in [0.4, 0.5) is 0 Å². The van der Waals surface area contributed by atoms with Crippen molar-refractivity contribution < 1.29 is 5.11 Å². The number of guanidine groups is 1. The lowest BCUT2D eigenvalue weighted by Gasteiger charge is -2.24. The van der Waals surface area contributed by atoms with Crippen LogP contribution in [0.25, 0.3) is 0 Å². The first-order valence-electron chi connectivity index (χ1n) is 8.56. The van der Waals surface area contributed by atoms with Gasteiger partial charge in [0.2, 0.25) is 0 Å². The second-order valence-corrected chi connectivity index (χ2v) is 8.20. The normalized spacial score (nSPS) is 14.3. The molecule has 0 aliphatic heterocycles. The zero-order valence-electron chi connectivity index (χ0n) is 15.8. The van der Waals surface area contributed by atoms with E-state index in [1.165, 1.54) is 0 Å². The van der Waals surface area contributed by atoms with Gasteiger partial charge in [0.1, 0.15) is 18.0 Å². The van der Waals surface area contributed by atoms with Crippen molar-refractivity contribution in [1.29, 1.82) is 0 Å². The van der Waals surface area contributed by atoms with E-state index in [-0.39, 0.29) is 0 Å². The molecule has 144 valence electrons.